The monoisotopic (exact) mass is 425 g/mol. The van der Waals surface area contributed by atoms with Gasteiger partial charge in [0.05, 0.1) is 5.69 Å². The standard InChI is InChI=1S/C21H20ClN5O3/c1-11-5-4-6-16(13(11)3)23-17(28)10-26-19-18(24-25-26)20(29)27(21(19)30)14-8-7-12(2)15(22)9-14/h4-9,18-19H,10H2,1-3H3,(H,23,28)/t18-,19+/m0/s1. The number of anilines is 2. The normalized spacial score (nSPS) is 20.1. The molecule has 0 aromatic heterocycles. The van der Waals surface area contributed by atoms with Crippen molar-refractivity contribution < 1.29 is 14.4 Å². The van der Waals surface area contributed by atoms with Crippen LogP contribution in [0.2, 0.25) is 5.02 Å². The van der Waals surface area contributed by atoms with Gasteiger partial charge in [-0.05, 0) is 55.7 Å². The molecule has 0 unspecified atom stereocenters. The van der Waals surface area contributed by atoms with E-state index in [9.17, 15) is 14.4 Å². The Morgan fingerprint density at radius 1 is 1.10 bits per heavy atom. The summed E-state index contributed by atoms with van der Waals surface area (Å²) >= 11 is 6.15. The Morgan fingerprint density at radius 3 is 2.60 bits per heavy atom. The van der Waals surface area contributed by atoms with Gasteiger partial charge in [-0.2, -0.15) is 5.11 Å². The van der Waals surface area contributed by atoms with Crippen LogP contribution in [0, 0.1) is 20.8 Å². The molecule has 3 amide bonds. The molecule has 0 radical (unpaired) electrons. The lowest BCUT2D eigenvalue weighted by Gasteiger charge is -2.20. The molecule has 0 bridgehead atoms. The molecule has 2 aliphatic rings. The third-order valence-corrected chi connectivity index (χ3v) is 5.86. The minimum atomic E-state index is -0.967. The van der Waals surface area contributed by atoms with Crippen molar-refractivity contribution in [3.05, 3.63) is 58.1 Å². The quantitative estimate of drug-likeness (QED) is 0.761. The fourth-order valence-corrected chi connectivity index (χ4v) is 3.73. The number of aryl methyl sites for hydroxylation is 2. The molecule has 0 aliphatic carbocycles. The highest BCUT2D eigenvalue weighted by Crippen LogP contribution is 2.33. The van der Waals surface area contributed by atoms with E-state index in [2.05, 4.69) is 15.7 Å². The molecular formula is C21H20ClN5O3. The van der Waals surface area contributed by atoms with Gasteiger partial charge in [0.1, 0.15) is 6.54 Å². The predicted molar refractivity (Wildman–Crippen MR) is 112 cm³/mol. The zero-order valence-corrected chi connectivity index (χ0v) is 17.5. The summed E-state index contributed by atoms with van der Waals surface area (Å²) in [4.78, 5) is 39.4. The Bertz CT molecular complexity index is 1100. The highest BCUT2D eigenvalue weighted by atomic mass is 35.5. The Morgan fingerprint density at radius 2 is 1.87 bits per heavy atom. The van der Waals surface area contributed by atoms with Gasteiger partial charge in [0.2, 0.25) is 5.91 Å². The van der Waals surface area contributed by atoms with E-state index in [4.69, 9.17) is 11.6 Å². The Labute approximate surface area is 178 Å². The van der Waals surface area contributed by atoms with Gasteiger partial charge < -0.3 is 5.32 Å². The molecule has 2 aliphatic heterocycles. The summed E-state index contributed by atoms with van der Waals surface area (Å²) in [6.07, 6.45) is 0. The number of hydrogen-bond acceptors (Lipinski definition) is 6. The highest BCUT2D eigenvalue weighted by molar-refractivity contribution is 6.32. The van der Waals surface area contributed by atoms with Crippen LogP contribution >= 0.6 is 11.6 Å². The topological polar surface area (TPSA) is 94.4 Å². The molecule has 1 N–H and O–H groups in total. The van der Waals surface area contributed by atoms with Crippen LogP contribution in [-0.4, -0.2) is 41.4 Å². The van der Waals surface area contributed by atoms with Crippen molar-refractivity contribution in [3.8, 4) is 0 Å². The molecule has 8 nitrogen and oxygen atoms in total. The summed E-state index contributed by atoms with van der Waals surface area (Å²) < 4.78 is 0. The average molecular weight is 426 g/mol. The van der Waals surface area contributed by atoms with E-state index in [1.807, 2.05) is 39.0 Å². The number of carbonyl (C=O) groups excluding carboxylic acids is 3. The third-order valence-electron chi connectivity index (χ3n) is 5.46. The fourth-order valence-electron chi connectivity index (χ4n) is 3.55. The first-order valence-corrected chi connectivity index (χ1v) is 9.83. The second kappa shape index (κ2) is 7.53. The van der Waals surface area contributed by atoms with E-state index >= 15 is 0 Å². The summed E-state index contributed by atoms with van der Waals surface area (Å²) in [5.74, 6) is -1.30. The average Bonchev–Trinajstić information content (AvgIpc) is 3.21. The summed E-state index contributed by atoms with van der Waals surface area (Å²) in [5.41, 5.74) is 3.92. The van der Waals surface area contributed by atoms with E-state index < -0.39 is 23.9 Å². The first-order chi connectivity index (χ1) is 14.3. The maximum Gasteiger partial charge on any atom is 0.263 e. The first-order valence-electron chi connectivity index (χ1n) is 9.45. The van der Waals surface area contributed by atoms with Crippen molar-refractivity contribution in [2.24, 2.45) is 10.3 Å². The van der Waals surface area contributed by atoms with Crippen molar-refractivity contribution in [1.29, 1.82) is 0 Å². The van der Waals surface area contributed by atoms with E-state index in [0.717, 1.165) is 21.6 Å². The van der Waals surface area contributed by atoms with E-state index in [0.29, 0.717) is 16.4 Å². The molecule has 0 spiro atoms. The van der Waals surface area contributed by atoms with Gasteiger partial charge in [-0.3, -0.25) is 19.4 Å². The maximum atomic E-state index is 13.0. The van der Waals surface area contributed by atoms with Crippen molar-refractivity contribution in [3.63, 3.8) is 0 Å². The van der Waals surface area contributed by atoms with E-state index in [-0.39, 0.29) is 12.5 Å². The molecule has 2 aromatic rings. The Kier molecular flexibility index (Phi) is 5.03. The van der Waals surface area contributed by atoms with Gasteiger partial charge in [-0.1, -0.05) is 35.0 Å². The molecule has 2 heterocycles. The molecule has 1 saturated heterocycles. The lowest BCUT2D eigenvalue weighted by atomic mass is 10.1. The predicted octanol–water partition coefficient (Wildman–Crippen LogP) is 3.20. The summed E-state index contributed by atoms with van der Waals surface area (Å²) in [7, 11) is 0. The lowest BCUT2D eigenvalue weighted by molar-refractivity contribution is -0.123. The lowest BCUT2D eigenvalue weighted by Crippen LogP contribution is -2.43. The number of carbonyl (C=O) groups is 3. The number of amides is 3. The number of hydrogen-bond donors (Lipinski definition) is 1. The number of benzene rings is 2. The zero-order valence-electron chi connectivity index (χ0n) is 16.7. The van der Waals surface area contributed by atoms with Gasteiger partial charge in [0, 0.05) is 10.7 Å². The zero-order chi connectivity index (χ0) is 21.6. The van der Waals surface area contributed by atoms with Crippen LogP contribution in [0.3, 0.4) is 0 Å². The molecule has 2 atom stereocenters. The van der Waals surface area contributed by atoms with Crippen LogP contribution < -0.4 is 10.2 Å². The number of nitrogens with zero attached hydrogens (tertiary/aromatic N) is 4. The summed E-state index contributed by atoms with van der Waals surface area (Å²) in [6, 6.07) is 8.68. The molecule has 154 valence electrons. The highest BCUT2D eigenvalue weighted by Gasteiger charge is 2.55. The Balaban J connectivity index is 1.51. The number of nitrogens with one attached hydrogen (secondary N) is 1. The maximum absolute atomic E-state index is 13.0. The fraction of sp³-hybridized carbons (Fsp3) is 0.286. The largest absolute Gasteiger partial charge is 0.324 e. The number of imide groups is 1. The second-order valence-corrected chi connectivity index (χ2v) is 7.84. The SMILES string of the molecule is Cc1ccc(N2C(=O)[C@H]3N=NN(CC(=O)Nc4cccc(C)c4C)[C@H]3C2=O)cc1Cl. The molecular weight excluding hydrogens is 406 g/mol. The minimum absolute atomic E-state index is 0.195. The van der Waals surface area contributed by atoms with Gasteiger partial charge in [0.15, 0.2) is 12.1 Å². The molecule has 0 saturated carbocycles. The molecule has 1 fully saturated rings. The van der Waals surface area contributed by atoms with E-state index in [1.165, 1.54) is 5.01 Å². The van der Waals surface area contributed by atoms with Crippen molar-refractivity contribution in [2.45, 2.75) is 32.9 Å². The summed E-state index contributed by atoms with van der Waals surface area (Å²) in [5, 5.41) is 12.4. The number of halogens is 1. The van der Waals surface area contributed by atoms with Crippen molar-refractivity contribution >= 4 is 40.7 Å². The van der Waals surface area contributed by atoms with Crippen LogP contribution in [0.1, 0.15) is 16.7 Å². The van der Waals surface area contributed by atoms with Crippen LogP contribution in [0.4, 0.5) is 11.4 Å². The van der Waals surface area contributed by atoms with Gasteiger partial charge in [-0.15, -0.1) is 0 Å². The second-order valence-electron chi connectivity index (χ2n) is 7.43. The van der Waals surface area contributed by atoms with Gasteiger partial charge in [0.25, 0.3) is 11.8 Å². The van der Waals surface area contributed by atoms with Crippen molar-refractivity contribution in [1.82, 2.24) is 5.01 Å². The third kappa shape index (κ3) is 3.33. The number of fused-ring (bicyclic) bond motifs is 1. The minimum Gasteiger partial charge on any atom is -0.324 e. The Hall–Kier alpha value is -3.26. The van der Waals surface area contributed by atoms with Crippen molar-refractivity contribution in [2.75, 3.05) is 16.8 Å². The van der Waals surface area contributed by atoms with Gasteiger partial charge >= 0.3 is 0 Å². The van der Waals surface area contributed by atoms with Crippen LogP contribution in [0.5, 0.6) is 0 Å². The molecule has 4 rings (SSSR count). The smallest absolute Gasteiger partial charge is 0.263 e. The van der Waals surface area contributed by atoms with Gasteiger partial charge in [-0.25, -0.2) is 4.90 Å². The van der Waals surface area contributed by atoms with Crippen LogP contribution in [0.15, 0.2) is 46.7 Å². The number of rotatable bonds is 4. The van der Waals surface area contributed by atoms with Crippen LogP contribution in [0.25, 0.3) is 0 Å². The van der Waals surface area contributed by atoms with Crippen LogP contribution in [-0.2, 0) is 14.4 Å². The molecule has 2 aromatic carbocycles. The molecule has 30 heavy (non-hydrogen) atoms. The molecule has 9 heteroatoms. The van der Waals surface area contributed by atoms with E-state index in [1.54, 1.807) is 18.2 Å². The first kappa shape index (κ1) is 20.0. The summed E-state index contributed by atoms with van der Waals surface area (Å²) in [6.45, 7) is 5.51.